The highest BCUT2D eigenvalue weighted by molar-refractivity contribution is 6.07. The summed E-state index contributed by atoms with van der Waals surface area (Å²) in [5.74, 6) is 0.514. The van der Waals surface area contributed by atoms with Gasteiger partial charge in [0.15, 0.2) is 0 Å². The Morgan fingerprint density at radius 2 is 1.45 bits per heavy atom. The fourth-order valence-electron chi connectivity index (χ4n) is 2.17. The van der Waals surface area contributed by atoms with Gasteiger partial charge in [-0.05, 0) is 72.6 Å². The van der Waals surface area contributed by atoms with Crippen molar-refractivity contribution in [2.45, 2.75) is 66.1 Å². The minimum atomic E-state index is -0.936. The fourth-order valence-corrected chi connectivity index (χ4v) is 2.17. The molecule has 0 radical (unpaired) electrons. The topological polar surface area (TPSA) is 103 Å². The third kappa shape index (κ3) is 9.32. The van der Waals surface area contributed by atoms with Crippen molar-refractivity contribution in [3.8, 4) is 5.75 Å². The fraction of sp³-hybridized carbons (Fsp3) is 0.571. The van der Waals surface area contributed by atoms with Gasteiger partial charge in [0.1, 0.15) is 17.0 Å². The lowest BCUT2D eigenvalue weighted by molar-refractivity contribution is 0.0145. The molecule has 0 aliphatic rings. The van der Waals surface area contributed by atoms with Crippen molar-refractivity contribution in [3.63, 3.8) is 0 Å². The molecule has 0 heterocycles. The van der Waals surface area contributed by atoms with Crippen molar-refractivity contribution < 1.29 is 23.8 Å². The average Bonchev–Trinajstić information content (AvgIpc) is 2.53. The van der Waals surface area contributed by atoms with Crippen LogP contribution in [0.25, 0.3) is 0 Å². The molecule has 0 saturated carbocycles. The van der Waals surface area contributed by atoms with Crippen LogP contribution in [0.3, 0.4) is 0 Å². The number of aliphatic imine (C=N–C) groups is 1. The predicted molar refractivity (Wildman–Crippen MR) is 112 cm³/mol. The molecule has 0 spiro atoms. The summed E-state index contributed by atoms with van der Waals surface area (Å²) in [6, 6.07) is 7.60. The van der Waals surface area contributed by atoms with Gasteiger partial charge in [0, 0.05) is 6.54 Å². The molecule has 0 fully saturated rings. The lowest BCUT2D eigenvalue weighted by Gasteiger charge is -2.27. The molecule has 29 heavy (non-hydrogen) atoms. The zero-order valence-corrected chi connectivity index (χ0v) is 18.4. The summed E-state index contributed by atoms with van der Waals surface area (Å²) in [5.41, 5.74) is 5.35. The number of rotatable bonds is 5. The summed E-state index contributed by atoms with van der Waals surface area (Å²) < 4.78 is 15.9. The molecular formula is C21H33N3O5. The summed E-state index contributed by atoms with van der Waals surface area (Å²) in [6.07, 6.45) is -1.30. The normalized spacial score (nSPS) is 12.3. The van der Waals surface area contributed by atoms with Crippen LogP contribution in [0.1, 0.15) is 54.0 Å². The lowest BCUT2D eigenvalue weighted by Crippen LogP contribution is -2.50. The Balaban J connectivity index is 2.89. The van der Waals surface area contributed by atoms with Crippen LogP contribution < -0.4 is 10.5 Å². The van der Waals surface area contributed by atoms with E-state index in [4.69, 9.17) is 19.9 Å². The number of carbonyl (C=O) groups is 2. The molecule has 1 aromatic rings. The SMILES string of the molecule is CCOc1ccc(CCN=C(N)N(C(=O)OC(C)(C)C)C(=O)OC(C)(C)C)cc1. The maximum Gasteiger partial charge on any atom is 0.427 e. The van der Waals surface area contributed by atoms with Gasteiger partial charge >= 0.3 is 12.2 Å². The Hall–Kier alpha value is -2.77. The molecule has 0 bridgehead atoms. The Bertz CT molecular complexity index is 687. The third-order valence-electron chi connectivity index (χ3n) is 3.29. The van der Waals surface area contributed by atoms with Gasteiger partial charge in [-0.15, -0.1) is 4.90 Å². The first-order valence-electron chi connectivity index (χ1n) is 9.60. The Kier molecular flexibility index (Phi) is 8.48. The van der Waals surface area contributed by atoms with Crippen molar-refractivity contribution in [1.82, 2.24) is 4.90 Å². The van der Waals surface area contributed by atoms with Gasteiger partial charge in [-0.1, -0.05) is 12.1 Å². The summed E-state index contributed by atoms with van der Waals surface area (Å²) >= 11 is 0. The molecule has 0 unspecified atom stereocenters. The number of benzene rings is 1. The van der Waals surface area contributed by atoms with Gasteiger partial charge in [0.25, 0.3) is 0 Å². The van der Waals surface area contributed by atoms with Crippen molar-refractivity contribution in [3.05, 3.63) is 29.8 Å². The molecule has 2 N–H and O–H groups in total. The van der Waals surface area contributed by atoms with Crippen LogP contribution in [-0.4, -0.2) is 47.4 Å². The second kappa shape index (κ2) is 10.1. The number of nitrogens with two attached hydrogens (primary N) is 1. The number of hydrogen-bond acceptors (Lipinski definition) is 6. The van der Waals surface area contributed by atoms with Gasteiger partial charge < -0.3 is 19.9 Å². The molecule has 1 rings (SSSR count). The predicted octanol–water partition coefficient (Wildman–Crippen LogP) is 4.11. The molecule has 162 valence electrons. The highest BCUT2D eigenvalue weighted by Gasteiger charge is 2.33. The number of carbonyl (C=O) groups excluding carboxylic acids is 2. The Morgan fingerprint density at radius 3 is 1.86 bits per heavy atom. The van der Waals surface area contributed by atoms with E-state index in [0.29, 0.717) is 17.9 Å². The first-order valence-corrected chi connectivity index (χ1v) is 9.60. The molecule has 0 aliphatic carbocycles. The standard InChI is InChI=1S/C21H33N3O5/c1-8-27-16-11-9-15(10-12-16)13-14-23-17(22)24(18(25)28-20(2,3)4)19(26)29-21(5,6)7/h9-12H,8,13-14H2,1-7H3,(H2,22,23). The number of nitrogens with zero attached hydrogens (tertiary/aromatic N) is 2. The van der Waals surface area contributed by atoms with E-state index in [1.807, 2.05) is 31.2 Å². The highest BCUT2D eigenvalue weighted by Crippen LogP contribution is 2.15. The van der Waals surface area contributed by atoms with E-state index in [1.165, 1.54) is 0 Å². The first kappa shape index (κ1) is 24.3. The smallest absolute Gasteiger partial charge is 0.427 e. The van der Waals surface area contributed by atoms with Crippen LogP contribution in [-0.2, 0) is 15.9 Å². The van der Waals surface area contributed by atoms with Crippen molar-refractivity contribution in [2.24, 2.45) is 10.7 Å². The highest BCUT2D eigenvalue weighted by atomic mass is 16.6. The third-order valence-corrected chi connectivity index (χ3v) is 3.29. The minimum Gasteiger partial charge on any atom is -0.494 e. The average molecular weight is 408 g/mol. The number of amides is 2. The molecule has 0 aliphatic heterocycles. The van der Waals surface area contributed by atoms with E-state index < -0.39 is 23.4 Å². The molecule has 0 atom stereocenters. The van der Waals surface area contributed by atoms with Crippen LogP contribution >= 0.6 is 0 Å². The van der Waals surface area contributed by atoms with Gasteiger partial charge in [-0.25, -0.2) is 9.59 Å². The lowest BCUT2D eigenvalue weighted by atomic mass is 10.1. The molecular weight excluding hydrogens is 374 g/mol. The number of imide groups is 1. The second-order valence-electron chi connectivity index (χ2n) is 8.36. The minimum absolute atomic E-state index is 0.278. The molecule has 2 amide bonds. The summed E-state index contributed by atoms with van der Waals surface area (Å²) in [7, 11) is 0. The Labute approximate surface area is 173 Å². The van der Waals surface area contributed by atoms with Crippen molar-refractivity contribution >= 4 is 18.1 Å². The van der Waals surface area contributed by atoms with Gasteiger partial charge in [0.2, 0.25) is 5.96 Å². The maximum atomic E-state index is 12.5. The zero-order chi connectivity index (χ0) is 22.2. The van der Waals surface area contributed by atoms with E-state index in [0.717, 1.165) is 11.3 Å². The van der Waals surface area contributed by atoms with Crippen LogP contribution in [0.4, 0.5) is 9.59 Å². The largest absolute Gasteiger partial charge is 0.494 e. The summed E-state index contributed by atoms with van der Waals surface area (Å²) in [4.78, 5) is 29.8. The maximum absolute atomic E-state index is 12.5. The second-order valence-corrected chi connectivity index (χ2v) is 8.36. The van der Waals surface area contributed by atoms with E-state index in [9.17, 15) is 9.59 Å². The molecule has 8 nitrogen and oxygen atoms in total. The van der Waals surface area contributed by atoms with Crippen molar-refractivity contribution in [1.29, 1.82) is 0 Å². The first-order chi connectivity index (χ1) is 13.3. The number of guanidine groups is 1. The monoisotopic (exact) mass is 407 g/mol. The zero-order valence-electron chi connectivity index (χ0n) is 18.4. The van der Waals surface area contributed by atoms with E-state index in [-0.39, 0.29) is 12.5 Å². The molecule has 1 aromatic carbocycles. The number of hydrogen-bond donors (Lipinski definition) is 1. The Morgan fingerprint density at radius 1 is 0.966 bits per heavy atom. The molecule has 0 saturated heterocycles. The van der Waals surface area contributed by atoms with E-state index in [2.05, 4.69) is 4.99 Å². The molecule has 8 heteroatoms. The van der Waals surface area contributed by atoms with Gasteiger partial charge in [-0.2, -0.15) is 0 Å². The van der Waals surface area contributed by atoms with E-state index >= 15 is 0 Å². The van der Waals surface area contributed by atoms with E-state index in [1.54, 1.807) is 41.5 Å². The van der Waals surface area contributed by atoms with Gasteiger partial charge in [0.05, 0.1) is 6.61 Å². The quantitative estimate of drug-likeness (QED) is 0.582. The summed E-state index contributed by atoms with van der Waals surface area (Å²) in [6.45, 7) is 13.0. The van der Waals surface area contributed by atoms with Crippen LogP contribution in [0, 0.1) is 0 Å². The van der Waals surface area contributed by atoms with Crippen LogP contribution in [0.2, 0.25) is 0 Å². The number of ether oxygens (including phenoxy) is 3. The van der Waals surface area contributed by atoms with Crippen molar-refractivity contribution in [2.75, 3.05) is 13.2 Å². The van der Waals surface area contributed by atoms with Gasteiger partial charge in [-0.3, -0.25) is 4.99 Å². The molecule has 0 aromatic heterocycles. The summed E-state index contributed by atoms with van der Waals surface area (Å²) in [5, 5.41) is 0. The van der Waals surface area contributed by atoms with Crippen LogP contribution in [0.5, 0.6) is 5.75 Å². The van der Waals surface area contributed by atoms with Crippen LogP contribution in [0.15, 0.2) is 29.3 Å².